The molecule has 0 bridgehead atoms. The SMILES string of the molecule is Cc1cccc(N2C(=O)C[C@@H](Sc3ccccc3C(=O)O)C2=O)c1C. The summed E-state index contributed by atoms with van der Waals surface area (Å²) in [5.41, 5.74) is 2.63. The van der Waals surface area contributed by atoms with Gasteiger partial charge in [-0.1, -0.05) is 24.3 Å². The normalized spacial score (nSPS) is 17.2. The van der Waals surface area contributed by atoms with Gasteiger partial charge in [-0.15, -0.1) is 11.8 Å². The largest absolute Gasteiger partial charge is 0.478 e. The van der Waals surface area contributed by atoms with Gasteiger partial charge in [-0.3, -0.25) is 9.59 Å². The number of carboxylic acid groups (broad SMARTS) is 1. The van der Waals surface area contributed by atoms with Crippen molar-refractivity contribution in [2.24, 2.45) is 0 Å². The molecule has 0 aromatic heterocycles. The number of aryl methyl sites for hydroxylation is 1. The van der Waals surface area contributed by atoms with E-state index in [1.807, 2.05) is 26.0 Å². The first kappa shape index (κ1) is 17.2. The summed E-state index contributed by atoms with van der Waals surface area (Å²) in [6, 6.07) is 12.0. The highest BCUT2D eigenvalue weighted by Gasteiger charge is 2.41. The van der Waals surface area contributed by atoms with Crippen molar-refractivity contribution in [3.05, 3.63) is 59.2 Å². The highest BCUT2D eigenvalue weighted by atomic mass is 32.2. The quantitative estimate of drug-likeness (QED) is 0.851. The predicted molar refractivity (Wildman–Crippen MR) is 96.1 cm³/mol. The third-order valence-corrected chi connectivity index (χ3v) is 5.57. The van der Waals surface area contributed by atoms with Crippen LogP contribution < -0.4 is 4.90 Å². The van der Waals surface area contributed by atoms with E-state index in [-0.39, 0.29) is 23.8 Å². The maximum atomic E-state index is 12.8. The summed E-state index contributed by atoms with van der Waals surface area (Å²) in [6.07, 6.45) is 0.0604. The minimum Gasteiger partial charge on any atom is -0.478 e. The van der Waals surface area contributed by atoms with Gasteiger partial charge in [-0.25, -0.2) is 9.69 Å². The first-order chi connectivity index (χ1) is 11.9. The van der Waals surface area contributed by atoms with Crippen molar-refractivity contribution in [2.75, 3.05) is 4.90 Å². The summed E-state index contributed by atoms with van der Waals surface area (Å²) in [5, 5.41) is 8.66. The van der Waals surface area contributed by atoms with Gasteiger partial charge >= 0.3 is 5.97 Å². The maximum Gasteiger partial charge on any atom is 0.336 e. The summed E-state index contributed by atoms with van der Waals surface area (Å²) in [5.74, 6) is -1.61. The lowest BCUT2D eigenvalue weighted by atomic mass is 10.1. The van der Waals surface area contributed by atoms with Crippen molar-refractivity contribution in [3.8, 4) is 0 Å². The zero-order valence-corrected chi connectivity index (χ0v) is 14.7. The van der Waals surface area contributed by atoms with Crippen molar-refractivity contribution >= 4 is 35.2 Å². The van der Waals surface area contributed by atoms with E-state index in [0.29, 0.717) is 10.6 Å². The van der Waals surface area contributed by atoms with Crippen LogP contribution >= 0.6 is 11.8 Å². The van der Waals surface area contributed by atoms with Gasteiger partial charge in [0, 0.05) is 11.3 Å². The summed E-state index contributed by atoms with van der Waals surface area (Å²) in [6.45, 7) is 3.81. The number of carbonyl (C=O) groups excluding carboxylic acids is 2. The molecule has 0 unspecified atom stereocenters. The van der Waals surface area contributed by atoms with Gasteiger partial charge in [0.25, 0.3) is 0 Å². The van der Waals surface area contributed by atoms with Gasteiger partial charge < -0.3 is 5.11 Å². The van der Waals surface area contributed by atoms with Gasteiger partial charge in [0.2, 0.25) is 11.8 Å². The second-order valence-electron chi connectivity index (χ2n) is 5.90. The Kier molecular flexibility index (Phi) is 4.63. The van der Waals surface area contributed by atoms with Crippen LogP contribution in [-0.4, -0.2) is 28.1 Å². The highest BCUT2D eigenvalue weighted by molar-refractivity contribution is 8.00. The molecule has 6 heteroatoms. The van der Waals surface area contributed by atoms with Gasteiger partial charge in [-0.05, 0) is 43.2 Å². The van der Waals surface area contributed by atoms with Crippen molar-refractivity contribution < 1.29 is 19.5 Å². The standard InChI is InChI=1S/C19H17NO4S/c1-11-6-5-8-14(12(11)2)20-17(21)10-16(18(20)22)25-15-9-4-3-7-13(15)19(23)24/h3-9,16H,10H2,1-2H3,(H,23,24)/t16-/m1/s1. The maximum absolute atomic E-state index is 12.8. The first-order valence-corrected chi connectivity index (χ1v) is 8.70. The lowest BCUT2D eigenvalue weighted by Gasteiger charge is -2.18. The van der Waals surface area contributed by atoms with E-state index in [4.69, 9.17) is 0 Å². The molecule has 2 aromatic rings. The van der Waals surface area contributed by atoms with Crippen LogP contribution in [0.1, 0.15) is 27.9 Å². The van der Waals surface area contributed by atoms with Crippen molar-refractivity contribution in [1.29, 1.82) is 0 Å². The number of anilines is 1. The lowest BCUT2D eigenvalue weighted by molar-refractivity contribution is -0.121. The minimum absolute atomic E-state index is 0.0604. The summed E-state index contributed by atoms with van der Waals surface area (Å²) < 4.78 is 0. The summed E-state index contributed by atoms with van der Waals surface area (Å²) in [4.78, 5) is 38.3. The van der Waals surface area contributed by atoms with E-state index in [1.165, 1.54) is 11.0 Å². The van der Waals surface area contributed by atoms with Crippen LogP contribution in [0.15, 0.2) is 47.4 Å². The van der Waals surface area contributed by atoms with Gasteiger partial charge in [0.15, 0.2) is 0 Å². The molecule has 25 heavy (non-hydrogen) atoms. The Morgan fingerprint density at radius 1 is 1.12 bits per heavy atom. The molecule has 5 nitrogen and oxygen atoms in total. The Hall–Kier alpha value is -2.60. The number of carbonyl (C=O) groups is 3. The molecule has 1 saturated heterocycles. The zero-order valence-electron chi connectivity index (χ0n) is 13.9. The van der Waals surface area contributed by atoms with Crippen LogP contribution in [0.3, 0.4) is 0 Å². The molecule has 1 atom stereocenters. The Morgan fingerprint density at radius 2 is 1.84 bits per heavy atom. The highest BCUT2D eigenvalue weighted by Crippen LogP contribution is 2.36. The molecule has 1 N–H and O–H groups in total. The number of nitrogens with zero attached hydrogens (tertiary/aromatic N) is 1. The van der Waals surface area contributed by atoms with Crippen LogP contribution in [-0.2, 0) is 9.59 Å². The van der Waals surface area contributed by atoms with Crippen LogP contribution in [0.5, 0.6) is 0 Å². The Bertz CT molecular complexity index is 877. The van der Waals surface area contributed by atoms with E-state index < -0.39 is 11.2 Å². The molecule has 1 heterocycles. The zero-order chi connectivity index (χ0) is 18.1. The average Bonchev–Trinajstić information content (AvgIpc) is 2.85. The fourth-order valence-corrected chi connectivity index (χ4v) is 4.00. The molecule has 128 valence electrons. The van der Waals surface area contributed by atoms with Crippen molar-refractivity contribution in [3.63, 3.8) is 0 Å². The number of benzene rings is 2. The number of hydrogen-bond donors (Lipinski definition) is 1. The molecule has 3 rings (SSSR count). The van der Waals surface area contributed by atoms with Crippen molar-refractivity contribution in [1.82, 2.24) is 0 Å². The van der Waals surface area contributed by atoms with Crippen molar-refractivity contribution in [2.45, 2.75) is 30.4 Å². The molecule has 0 radical (unpaired) electrons. The molecule has 1 aliphatic rings. The molecular weight excluding hydrogens is 338 g/mol. The van der Waals surface area contributed by atoms with Gasteiger partial charge in [0.1, 0.15) is 0 Å². The number of carboxylic acids is 1. The number of amides is 2. The Balaban J connectivity index is 1.90. The van der Waals surface area contributed by atoms with Gasteiger partial charge in [0.05, 0.1) is 16.5 Å². The molecule has 0 aliphatic carbocycles. The van der Waals surface area contributed by atoms with E-state index >= 15 is 0 Å². The smallest absolute Gasteiger partial charge is 0.336 e. The van der Waals surface area contributed by atoms with E-state index in [2.05, 4.69) is 0 Å². The molecule has 2 aromatic carbocycles. The number of rotatable bonds is 4. The van der Waals surface area contributed by atoms with Crippen LogP contribution in [0.2, 0.25) is 0 Å². The monoisotopic (exact) mass is 355 g/mol. The lowest BCUT2D eigenvalue weighted by Crippen LogP contribution is -2.31. The first-order valence-electron chi connectivity index (χ1n) is 7.82. The predicted octanol–water partition coefficient (Wildman–Crippen LogP) is 3.43. The Labute approximate surface area is 149 Å². The van der Waals surface area contributed by atoms with Crippen LogP contribution in [0, 0.1) is 13.8 Å². The van der Waals surface area contributed by atoms with Crippen LogP contribution in [0.25, 0.3) is 0 Å². The number of hydrogen-bond acceptors (Lipinski definition) is 4. The molecule has 0 saturated carbocycles. The number of imide groups is 1. The second kappa shape index (κ2) is 6.72. The van der Waals surface area contributed by atoms with E-state index in [9.17, 15) is 19.5 Å². The molecular formula is C19H17NO4S. The molecule has 2 amide bonds. The van der Waals surface area contributed by atoms with Gasteiger partial charge in [-0.2, -0.15) is 0 Å². The summed E-state index contributed by atoms with van der Waals surface area (Å²) in [7, 11) is 0. The minimum atomic E-state index is -1.05. The third kappa shape index (κ3) is 3.17. The molecule has 1 fully saturated rings. The average molecular weight is 355 g/mol. The fourth-order valence-electron chi connectivity index (χ4n) is 2.83. The molecule has 0 spiro atoms. The van der Waals surface area contributed by atoms with E-state index in [0.717, 1.165) is 22.9 Å². The third-order valence-electron chi connectivity index (χ3n) is 4.31. The molecule has 1 aliphatic heterocycles. The summed E-state index contributed by atoms with van der Waals surface area (Å²) >= 11 is 1.13. The van der Waals surface area contributed by atoms with Crippen LogP contribution in [0.4, 0.5) is 5.69 Å². The van der Waals surface area contributed by atoms with E-state index in [1.54, 1.807) is 24.3 Å². The Morgan fingerprint density at radius 3 is 2.56 bits per heavy atom. The number of thioether (sulfide) groups is 1. The number of aromatic carboxylic acids is 1. The second-order valence-corrected chi connectivity index (χ2v) is 7.14. The fraction of sp³-hybridized carbons (Fsp3) is 0.211. The topological polar surface area (TPSA) is 74.7 Å².